The van der Waals surface area contributed by atoms with E-state index in [1.165, 1.54) is 7.11 Å². The number of carbonyl (C=O) groups excluding carboxylic acids is 1. The number of ether oxygens (including phenoxy) is 1. The molecule has 0 radical (unpaired) electrons. The van der Waals surface area contributed by atoms with E-state index in [0.717, 1.165) is 16.7 Å². The van der Waals surface area contributed by atoms with Gasteiger partial charge in [-0.3, -0.25) is 0 Å². The minimum atomic E-state index is -1.21. The summed E-state index contributed by atoms with van der Waals surface area (Å²) in [6.45, 7) is 0. The molecule has 0 aliphatic carbocycles. The topological polar surface area (TPSA) is 49.4 Å². The molecule has 0 saturated heterocycles. The van der Waals surface area contributed by atoms with E-state index in [-0.39, 0.29) is 51.4 Å². The number of hydrogen-bond acceptors (Lipinski definition) is 4. The van der Waals surface area contributed by atoms with E-state index in [4.69, 9.17) is 4.74 Å². The maximum atomic E-state index is 10.5. The van der Waals surface area contributed by atoms with Crippen LogP contribution in [0.3, 0.4) is 0 Å². The Balaban J connectivity index is 0.00000169. The largest absolute Gasteiger partial charge is 1.00 e. The molecular formula is C9H9KO3S. The van der Waals surface area contributed by atoms with Gasteiger partial charge in [0.2, 0.25) is 0 Å². The van der Waals surface area contributed by atoms with Gasteiger partial charge in [0.1, 0.15) is 5.44 Å². The van der Waals surface area contributed by atoms with Gasteiger partial charge in [0.05, 0.1) is 5.97 Å². The van der Waals surface area contributed by atoms with Gasteiger partial charge in [-0.15, -0.1) is 0 Å². The first-order valence-corrected chi connectivity index (χ1v) is 4.57. The average Bonchev–Trinajstić information content (AvgIpc) is 2.15. The minimum Gasteiger partial charge on any atom is -0.546 e. The van der Waals surface area contributed by atoms with Crippen LogP contribution in [0.1, 0.15) is 0 Å². The van der Waals surface area contributed by atoms with E-state index in [2.05, 4.69) is 0 Å². The van der Waals surface area contributed by atoms with Crippen LogP contribution in [0.25, 0.3) is 0 Å². The maximum absolute atomic E-state index is 10.5. The standard InChI is InChI=1S/C9H10O3S.K/c1-12-9(8(10)11)13-7-5-3-2-4-6-7;/h2-6,9H,1H3,(H,10,11);/q;+1/p-1. The first-order chi connectivity index (χ1) is 6.24. The van der Waals surface area contributed by atoms with Crippen molar-refractivity contribution in [2.24, 2.45) is 0 Å². The number of methoxy groups -OCH3 is 1. The number of aliphatic carboxylic acids is 1. The van der Waals surface area contributed by atoms with Gasteiger partial charge in [-0.1, -0.05) is 30.0 Å². The monoisotopic (exact) mass is 236 g/mol. The van der Waals surface area contributed by atoms with Crippen LogP contribution in [0.2, 0.25) is 0 Å². The first-order valence-electron chi connectivity index (χ1n) is 3.69. The third-order valence-electron chi connectivity index (χ3n) is 1.39. The van der Waals surface area contributed by atoms with Gasteiger partial charge in [-0.25, -0.2) is 0 Å². The van der Waals surface area contributed by atoms with Gasteiger partial charge in [-0.2, -0.15) is 0 Å². The molecule has 5 heteroatoms. The van der Waals surface area contributed by atoms with Crippen molar-refractivity contribution in [1.82, 2.24) is 0 Å². The Kier molecular flexibility index (Phi) is 8.22. The number of carboxylic acids is 1. The normalized spacial score (nSPS) is 11.5. The molecule has 0 heterocycles. The van der Waals surface area contributed by atoms with E-state index in [1.807, 2.05) is 30.3 Å². The second-order valence-electron chi connectivity index (χ2n) is 2.32. The van der Waals surface area contributed by atoms with Crippen molar-refractivity contribution in [3.8, 4) is 0 Å². The van der Waals surface area contributed by atoms with Crippen LogP contribution in [0.4, 0.5) is 0 Å². The molecule has 0 N–H and O–H groups in total. The first kappa shape index (κ1) is 14.6. The third-order valence-corrected chi connectivity index (χ3v) is 2.54. The molecule has 0 spiro atoms. The molecule has 0 aliphatic rings. The molecule has 0 aliphatic heterocycles. The smallest absolute Gasteiger partial charge is 0.546 e. The van der Waals surface area contributed by atoms with Crippen molar-refractivity contribution >= 4 is 17.7 Å². The van der Waals surface area contributed by atoms with Gasteiger partial charge in [-0.05, 0) is 12.1 Å². The Hall–Kier alpha value is 0.636. The summed E-state index contributed by atoms with van der Waals surface area (Å²) in [4.78, 5) is 11.3. The predicted octanol–water partition coefficient (Wildman–Crippen LogP) is -2.49. The zero-order valence-electron chi connectivity index (χ0n) is 8.10. The van der Waals surface area contributed by atoms with Crippen molar-refractivity contribution in [3.05, 3.63) is 30.3 Å². The van der Waals surface area contributed by atoms with Crippen molar-refractivity contribution in [2.45, 2.75) is 10.3 Å². The Morgan fingerprint density at radius 3 is 2.43 bits per heavy atom. The third kappa shape index (κ3) is 4.93. The van der Waals surface area contributed by atoms with Crippen molar-refractivity contribution in [1.29, 1.82) is 0 Å². The van der Waals surface area contributed by atoms with Crippen molar-refractivity contribution in [2.75, 3.05) is 7.11 Å². The Morgan fingerprint density at radius 2 is 2.00 bits per heavy atom. The summed E-state index contributed by atoms with van der Waals surface area (Å²) in [6, 6.07) is 9.18. The molecule has 70 valence electrons. The molecule has 0 aromatic heterocycles. The maximum Gasteiger partial charge on any atom is 1.00 e. The summed E-state index contributed by atoms with van der Waals surface area (Å²) < 4.78 is 4.72. The second kappa shape index (κ2) is 7.87. The summed E-state index contributed by atoms with van der Waals surface area (Å²) in [5.74, 6) is -1.21. The molecule has 14 heavy (non-hydrogen) atoms. The van der Waals surface area contributed by atoms with Crippen molar-refractivity contribution < 1.29 is 66.0 Å². The number of carbonyl (C=O) groups is 1. The van der Waals surface area contributed by atoms with Crippen LogP contribution in [-0.2, 0) is 9.53 Å². The number of benzene rings is 1. The predicted molar refractivity (Wildman–Crippen MR) is 48.1 cm³/mol. The van der Waals surface area contributed by atoms with E-state index < -0.39 is 11.4 Å². The Morgan fingerprint density at radius 1 is 1.43 bits per heavy atom. The van der Waals surface area contributed by atoms with Crippen molar-refractivity contribution in [3.63, 3.8) is 0 Å². The van der Waals surface area contributed by atoms with Gasteiger partial charge in [0.15, 0.2) is 0 Å². The Labute approximate surface area is 130 Å². The Bertz CT molecular complexity index is 279. The average molecular weight is 236 g/mol. The molecule has 0 fully saturated rings. The van der Waals surface area contributed by atoms with Crippen LogP contribution in [0, 0.1) is 0 Å². The molecule has 1 unspecified atom stereocenters. The van der Waals surface area contributed by atoms with Crippen LogP contribution < -0.4 is 56.5 Å². The summed E-state index contributed by atoms with van der Waals surface area (Å²) in [5.41, 5.74) is -0.942. The molecular weight excluding hydrogens is 227 g/mol. The summed E-state index contributed by atoms with van der Waals surface area (Å²) in [6.07, 6.45) is 0. The van der Waals surface area contributed by atoms with E-state index in [0.29, 0.717) is 0 Å². The molecule has 1 rings (SSSR count). The van der Waals surface area contributed by atoms with E-state index in [1.54, 1.807) is 0 Å². The molecule has 1 aromatic carbocycles. The van der Waals surface area contributed by atoms with Crippen LogP contribution in [0.15, 0.2) is 35.2 Å². The quantitative estimate of drug-likeness (QED) is 0.330. The molecule has 0 amide bonds. The van der Waals surface area contributed by atoms with Gasteiger partial charge in [0, 0.05) is 12.0 Å². The van der Waals surface area contributed by atoms with Crippen LogP contribution in [0.5, 0.6) is 0 Å². The molecule has 0 saturated carbocycles. The molecule has 3 nitrogen and oxygen atoms in total. The van der Waals surface area contributed by atoms with Crippen LogP contribution >= 0.6 is 11.8 Å². The molecule has 1 aromatic rings. The number of hydrogen-bond donors (Lipinski definition) is 0. The zero-order chi connectivity index (χ0) is 9.68. The zero-order valence-corrected chi connectivity index (χ0v) is 12.0. The van der Waals surface area contributed by atoms with Gasteiger partial charge in [0.25, 0.3) is 0 Å². The van der Waals surface area contributed by atoms with E-state index >= 15 is 0 Å². The fourth-order valence-electron chi connectivity index (χ4n) is 0.815. The second-order valence-corrected chi connectivity index (χ2v) is 3.45. The van der Waals surface area contributed by atoms with Gasteiger partial charge >= 0.3 is 51.4 Å². The summed E-state index contributed by atoms with van der Waals surface area (Å²) in [7, 11) is 1.34. The van der Waals surface area contributed by atoms with Gasteiger partial charge < -0.3 is 14.6 Å². The minimum absolute atomic E-state index is 0. The number of rotatable bonds is 4. The SMILES string of the molecule is COC(Sc1ccccc1)C(=O)[O-].[K+]. The summed E-state index contributed by atoms with van der Waals surface area (Å²) >= 11 is 1.11. The number of thioether (sulfide) groups is 1. The summed E-state index contributed by atoms with van der Waals surface area (Å²) in [5, 5.41) is 10.5. The van der Waals surface area contributed by atoms with Crippen LogP contribution in [-0.4, -0.2) is 18.5 Å². The molecule has 1 atom stereocenters. The fourth-order valence-corrected chi connectivity index (χ4v) is 1.57. The molecule has 0 bridgehead atoms. The fraction of sp³-hybridized carbons (Fsp3) is 0.222. The number of carboxylic acid groups (broad SMARTS) is 1. The van der Waals surface area contributed by atoms with E-state index in [9.17, 15) is 9.90 Å².